The van der Waals surface area contributed by atoms with E-state index in [9.17, 15) is 0 Å². The Kier molecular flexibility index (Phi) is 2.52. The fourth-order valence-corrected chi connectivity index (χ4v) is 2.38. The number of hydrogen-bond acceptors (Lipinski definition) is 3. The molecule has 0 bridgehead atoms. The summed E-state index contributed by atoms with van der Waals surface area (Å²) in [6.07, 6.45) is 1.75. The second-order valence-corrected chi connectivity index (χ2v) is 4.36. The van der Waals surface area contributed by atoms with Crippen molar-refractivity contribution in [3.8, 4) is 10.6 Å². The van der Waals surface area contributed by atoms with Crippen molar-refractivity contribution in [3.05, 3.63) is 34.1 Å². The van der Waals surface area contributed by atoms with E-state index in [1.54, 1.807) is 17.5 Å². The molecule has 2 rings (SSSR count). The smallest absolute Gasteiger partial charge is 0.222 e. The van der Waals surface area contributed by atoms with Crippen LogP contribution in [0.4, 0.5) is 0 Å². The normalized spacial score (nSPS) is 10.5. The molecule has 0 atom stereocenters. The van der Waals surface area contributed by atoms with E-state index in [0.717, 1.165) is 11.3 Å². The zero-order chi connectivity index (χ0) is 10.1. The lowest BCUT2D eigenvalue weighted by Gasteiger charge is -2.03. The summed E-state index contributed by atoms with van der Waals surface area (Å²) in [7, 11) is 0. The van der Waals surface area contributed by atoms with Gasteiger partial charge in [-0.05, 0) is 48.0 Å². The number of nitrogens with zero attached hydrogens (tertiary/aromatic N) is 2. The Morgan fingerprint density at radius 3 is 2.71 bits per heavy atom. The van der Waals surface area contributed by atoms with E-state index in [1.807, 2.05) is 6.92 Å². The van der Waals surface area contributed by atoms with Gasteiger partial charge in [-0.2, -0.15) is 0 Å². The third kappa shape index (κ3) is 1.65. The molecule has 0 N–H and O–H groups in total. The first-order chi connectivity index (χ1) is 6.68. The Morgan fingerprint density at radius 2 is 2.07 bits per heavy atom. The van der Waals surface area contributed by atoms with Crippen molar-refractivity contribution in [3.63, 3.8) is 0 Å². The predicted molar refractivity (Wildman–Crippen MR) is 59.8 cm³/mol. The van der Waals surface area contributed by atoms with Gasteiger partial charge < -0.3 is 0 Å². The number of rotatable bonds is 1. The molecular weight excluding hydrogens is 216 g/mol. The molecule has 14 heavy (non-hydrogen) atoms. The molecule has 2 heterocycles. The molecule has 2 aromatic rings. The Balaban J connectivity index is 2.62. The highest BCUT2D eigenvalue weighted by Gasteiger charge is 2.09. The van der Waals surface area contributed by atoms with Crippen LogP contribution in [0.5, 0.6) is 0 Å². The molecule has 2 aromatic heterocycles. The number of halogens is 1. The molecule has 0 aliphatic heterocycles. The third-order valence-corrected chi connectivity index (χ3v) is 3.22. The Morgan fingerprint density at radius 1 is 1.29 bits per heavy atom. The first-order valence-corrected chi connectivity index (χ1v) is 5.48. The van der Waals surface area contributed by atoms with E-state index in [-0.39, 0.29) is 0 Å². The van der Waals surface area contributed by atoms with E-state index in [1.165, 1.54) is 10.4 Å². The van der Waals surface area contributed by atoms with Crippen molar-refractivity contribution in [2.75, 3.05) is 0 Å². The molecule has 0 aliphatic carbocycles. The highest BCUT2D eigenvalue weighted by Crippen LogP contribution is 2.29. The van der Waals surface area contributed by atoms with Crippen LogP contribution in [-0.4, -0.2) is 9.97 Å². The van der Waals surface area contributed by atoms with Crippen LogP contribution < -0.4 is 0 Å². The predicted octanol–water partition coefficient (Wildman–Crippen LogP) is 3.48. The molecule has 2 nitrogen and oxygen atoms in total. The van der Waals surface area contributed by atoms with Gasteiger partial charge in [-0.1, -0.05) is 0 Å². The van der Waals surface area contributed by atoms with Crippen LogP contribution in [0.25, 0.3) is 10.6 Å². The van der Waals surface area contributed by atoms with Gasteiger partial charge in [0.1, 0.15) is 0 Å². The molecule has 0 radical (unpaired) electrons. The molecule has 0 saturated carbocycles. The lowest BCUT2D eigenvalue weighted by molar-refractivity contribution is 1.14. The molecule has 0 aliphatic rings. The van der Waals surface area contributed by atoms with Gasteiger partial charge >= 0.3 is 0 Å². The lowest BCUT2D eigenvalue weighted by atomic mass is 10.2. The fourth-order valence-electron chi connectivity index (χ4n) is 1.27. The van der Waals surface area contributed by atoms with E-state index < -0.39 is 0 Å². The average Bonchev–Trinajstić information content (AvgIpc) is 2.56. The summed E-state index contributed by atoms with van der Waals surface area (Å²) in [6, 6.07) is 2.08. The van der Waals surface area contributed by atoms with Crippen LogP contribution >= 0.6 is 22.9 Å². The molecule has 0 spiro atoms. The van der Waals surface area contributed by atoms with Crippen LogP contribution in [0.1, 0.15) is 11.1 Å². The molecule has 0 amide bonds. The summed E-state index contributed by atoms with van der Waals surface area (Å²) < 4.78 is 0. The van der Waals surface area contributed by atoms with Gasteiger partial charge in [0.2, 0.25) is 5.28 Å². The van der Waals surface area contributed by atoms with E-state index >= 15 is 0 Å². The third-order valence-electron chi connectivity index (χ3n) is 2.02. The monoisotopic (exact) mass is 224 g/mol. The summed E-state index contributed by atoms with van der Waals surface area (Å²) in [5, 5.41) is 2.36. The standard InChI is InChI=1S/C10H9ClN2S/c1-6-3-4-14-9(6)8-7(2)5-12-10(11)13-8/h3-5H,1-2H3. The van der Waals surface area contributed by atoms with E-state index in [4.69, 9.17) is 11.6 Å². The van der Waals surface area contributed by atoms with E-state index in [2.05, 4.69) is 28.3 Å². The quantitative estimate of drug-likeness (QED) is 0.694. The largest absolute Gasteiger partial charge is 0.226 e. The van der Waals surface area contributed by atoms with Gasteiger partial charge in [0.15, 0.2) is 0 Å². The number of aromatic nitrogens is 2. The summed E-state index contributed by atoms with van der Waals surface area (Å²) in [4.78, 5) is 9.35. The lowest BCUT2D eigenvalue weighted by Crippen LogP contribution is -1.90. The maximum absolute atomic E-state index is 5.77. The van der Waals surface area contributed by atoms with Crippen molar-refractivity contribution in [1.29, 1.82) is 0 Å². The molecule has 4 heteroatoms. The maximum Gasteiger partial charge on any atom is 0.222 e. The Labute approximate surface area is 91.6 Å². The van der Waals surface area contributed by atoms with Crippen LogP contribution in [0.15, 0.2) is 17.6 Å². The van der Waals surface area contributed by atoms with Crippen molar-refractivity contribution in [2.24, 2.45) is 0 Å². The Bertz CT molecular complexity index is 465. The molecule has 0 aromatic carbocycles. The fraction of sp³-hybridized carbons (Fsp3) is 0.200. The second kappa shape index (κ2) is 3.67. The van der Waals surface area contributed by atoms with Gasteiger partial charge in [-0.15, -0.1) is 11.3 Å². The molecule has 0 fully saturated rings. The van der Waals surface area contributed by atoms with Crippen molar-refractivity contribution >= 4 is 22.9 Å². The highest BCUT2D eigenvalue weighted by atomic mass is 35.5. The number of aryl methyl sites for hydroxylation is 2. The summed E-state index contributed by atoms with van der Waals surface area (Å²) in [6.45, 7) is 4.06. The first kappa shape index (κ1) is 9.62. The van der Waals surface area contributed by atoms with Crippen LogP contribution in [0.3, 0.4) is 0 Å². The topological polar surface area (TPSA) is 25.8 Å². The van der Waals surface area contributed by atoms with Gasteiger partial charge in [0.05, 0.1) is 10.6 Å². The zero-order valence-corrected chi connectivity index (χ0v) is 9.49. The average molecular weight is 225 g/mol. The van der Waals surface area contributed by atoms with Gasteiger partial charge in [0, 0.05) is 6.20 Å². The van der Waals surface area contributed by atoms with Crippen LogP contribution in [0.2, 0.25) is 5.28 Å². The van der Waals surface area contributed by atoms with Crippen LogP contribution in [0, 0.1) is 13.8 Å². The summed E-state index contributed by atoms with van der Waals surface area (Å²) >= 11 is 7.45. The minimum atomic E-state index is 0.304. The number of thiophene rings is 1. The van der Waals surface area contributed by atoms with E-state index in [0.29, 0.717) is 5.28 Å². The molecule has 0 saturated heterocycles. The minimum absolute atomic E-state index is 0.304. The summed E-state index contributed by atoms with van der Waals surface area (Å²) in [5.41, 5.74) is 3.23. The minimum Gasteiger partial charge on any atom is -0.226 e. The van der Waals surface area contributed by atoms with Gasteiger partial charge in [0.25, 0.3) is 0 Å². The molecular formula is C10H9ClN2S. The summed E-state index contributed by atoms with van der Waals surface area (Å²) in [5.74, 6) is 0. The SMILES string of the molecule is Cc1cnc(Cl)nc1-c1sccc1C. The van der Waals surface area contributed by atoms with Crippen LogP contribution in [-0.2, 0) is 0 Å². The first-order valence-electron chi connectivity index (χ1n) is 4.22. The second-order valence-electron chi connectivity index (χ2n) is 3.10. The number of hydrogen-bond donors (Lipinski definition) is 0. The highest BCUT2D eigenvalue weighted by molar-refractivity contribution is 7.13. The Hall–Kier alpha value is -0.930. The van der Waals surface area contributed by atoms with Crippen molar-refractivity contribution in [2.45, 2.75) is 13.8 Å². The van der Waals surface area contributed by atoms with Crippen molar-refractivity contribution < 1.29 is 0 Å². The maximum atomic E-state index is 5.77. The van der Waals surface area contributed by atoms with Gasteiger partial charge in [-0.3, -0.25) is 0 Å². The van der Waals surface area contributed by atoms with Gasteiger partial charge in [-0.25, -0.2) is 9.97 Å². The van der Waals surface area contributed by atoms with Crippen molar-refractivity contribution in [1.82, 2.24) is 9.97 Å². The molecule has 72 valence electrons. The molecule has 0 unspecified atom stereocenters. The zero-order valence-electron chi connectivity index (χ0n) is 7.91.